The van der Waals surface area contributed by atoms with Gasteiger partial charge in [0.1, 0.15) is 11.7 Å². The Morgan fingerprint density at radius 3 is 2.27 bits per heavy atom. The molecule has 0 bridgehead atoms. The first-order chi connectivity index (χ1) is 16.9. The lowest BCUT2D eigenvalue weighted by molar-refractivity contribution is -0.137. The van der Waals surface area contributed by atoms with Crippen LogP contribution in [-0.2, 0) is 9.59 Å². The van der Waals surface area contributed by atoms with Crippen molar-refractivity contribution in [3.05, 3.63) is 59.3 Å². The maximum absolute atomic E-state index is 12.8. The molecule has 2 aliphatic rings. The summed E-state index contributed by atoms with van der Waals surface area (Å²) in [5.41, 5.74) is 1.34. The highest BCUT2D eigenvalue weighted by atomic mass is 16.3. The van der Waals surface area contributed by atoms with Crippen LogP contribution in [0.25, 0.3) is 0 Å². The van der Waals surface area contributed by atoms with E-state index in [1.807, 2.05) is 26.0 Å². The van der Waals surface area contributed by atoms with Crippen molar-refractivity contribution in [1.29, 1.82) is 0 Å². The van der Waals surface area contributed by atoms with E-state index < -0.39 is 17.1 Å². The second kappa shape index (κ2) is 11.4. The first-order valence-electron chi connectivity index (χ1n) is 13.9. The van der Waals surface area contributed by atoms with Crippen molar-refractivity contribution in [3.8, 4) is 0 Å². The average molecular weight is 511 g/mol. The Kier molecular flexibility index (Phi) is 9.58. The van der Waals surface area contributed by atoms with Gasteiger partial charge in [0.25, 0.3) is 0 Å². The Bertz CT molecular complexity index is 1030. The molecule has 0 spiro atoms. The number of hydrogen-bond acceptors (Lipinski definition) is 4. The van der Waals surface area contributed by atoms with Crippen molar-refractivity contribution in [2.75, 3.05) is 0 Å². The molecule has 2 rings (SSSR count). The molecule has 4 nitrogen and oxygen atoms in total. The monoisotopic (exact) mass is 510 g/mol. The molecule has 5 unspecified atom stereocenters. The van der Waals surface area contributed by atoms with Gasteiger partial charge in [-0.1, -0.05) is 84.1 Å². The highest BCUT2D eigenvalue weighted by molar-refractivity contribution is 5.92. The summed E-state index contributed by atoms with van der Waals surface area (Å²) >= 11 is 0. The van der Waals surface area contributed by atoms with Crippen LogP contribution in [0.4, 0.5) is 0 Å². The minimum atomic E-state index is -1.33. The maximum atomic E-state index is 12.8. The molecule has 5 atom stereocenters. The Morgan fingerprint density at radius 2 is 1.73 bits per heavy atom. The molecule has 2 N–H and O–H groups in total. The van der Waals surface area contributed by atoms with E-state index >= 15 is 0 Å². The van der Waals surface area contributed by atoms with Gasteiger partial charge >= 0.3 is 0 Å². The third-order valence-corrected chi connectivity index (χ3v) is 8.25. The number of aliphatic hydroxyl groups excluding tert-OH is 1. The normalized spacial score (nSPS) is 28.4. The van der Waals surface area contributed by atoms with Crippen molar-refractivity contribution >= 4 is 11.6 Å². The topological polar surface area (TPSA) is 74.6 Å². The summed E-state index contributed by atoms with van der Waals surface area (Å²) in [4.78, 5) is 25.3. The summed E-state index contributed by atoms with van der Waals surface area (Å²) in [7, 11) is 0. The highest BCUT2D eigenvalue weighted by Crippen LogP contribution is 2.55. The molecule has 206 valence electrons. The predicted molar refractivity (Wildman–Crippen MR) is 153 cm³/mol. The van der Waals surface area contributed by atoms with Crippen molar-refractivity contribution in [2.45, 2.75) is 107 Å². The lowest BCUT2D eigenvalue weighted by atomic mass is 9.66. The van der Waals surface area contributed by atoms with Gasteiger partial charge in [0.2, 0.25) is 0 Å². The molecular weight excluding hydrogens is 460 g/mol. The fourth-order valence-corrected chi connectivity index (χ4v) is 6.32. The van der Waals surface area contributed by atoms with E-state index in [1.54, 1.807) is 13.8 Å². The third kappa shape index (κ3) is 7.09. The smallest absolute Gasteiger partial charge is 0.174 e. The number of carbonyl (C=O) groups is 2. The number of ketones is 2. The van der Waals surface area contributed by atoms with Crippen LogP contribution in [0.15, 0.2) is 59.3 Å². The van der Waals surface area contributed by atoms with E-state index in [4.69, 9.17) is 0 Å². The van der Waals surface area contributed by atoms with Crippen LogP contribution in [0.1, 0.15) is 94.9 Å². The first-order valence-corrected chi connectivity index (χ1v) is 13.9. The Balaban J connectivity index is 2.41. The fraction of sp³-hybridized carbons (Fsp3) is 0.636. The molecule has 0 aromatic carbocycles. The van der Waals surface area contributed by atoms with Gasteiger partial charge in [0.05, 0.1) is 5.41 Å². The van der Waals surface area contributed by atoms with Crippen LogP contribution in [0.5, 0.6) is 0 Å². The van der Waals surface area contributed by atoms with E-state index in [-0.39, 0.29) is 28.3 Å². The Morgan fingerprint density at radius 1 is 1.14 bits per heavy atom. The summed E-state index contributed by atoms with van der Waals surface area (Å²) < 4.78 is 0. The lowest BCUT2D eigenvalue weighted by Crippen LogP contribution is -2.35. The van der Waals surface area contributed by atoms with Gasteiger partial charge in [-0.25, -0.2) is 0 Å². The zero-order valence-electron chi connectivity index (χ0n) is 24.8. The molecule has 0 saturated carbocycles. The van der Waals surface area contributed by atoms with Gasteiger partial charge < -0.3 is 10.2 Å². The standard InChI is InChI=1S/C33H50O4/c1-11-12-13-25(15-14-22(2)28(35)31(7,8)37)30(5,6)21-33(10)20-23(3)26-16-18-32(9,19-17-27(26)33)29(36)24(4)34/h12-13,15-19,22-24,34,37H,11,14,20-21H2,1-10H3. The van der Waals surface area contributed by atoms with Gasteiger partial charge in [0, 0.05) is 5.92 Å². The number of allylic oxidation sites excluding steroid dienone is 10. The summed E-state index contributed by atoms with van der Waals surface area (Å²) in [6, 6.07) is 0. The first kappa shape index (κ1) is 31.2. The number of rotatable bonds is 11. The largest absolute Gasteiger partial charge is 0.386 e. The van der Waals surface area contributed by atoms with Gasteiger partial charge in [-0.15, -0.1) is 0 Å². The van der Waals surface area contributed by atoms with Crippen molar-refractivity contribution in [2.24, 2.45) is 28.1 Å². The summed E-state index contributed by atoms with van der Waals surface area (Å²) in [6.45, 7) is 19.6. The maximum Gasteiger partial charge on any atom is 0.174 e. The number of Topliss-reactive ketones (excluding diaryl/α,β-unsaturated/α-hetero) is 2. The zero-order valence-corrected chi connectivity index (χ0v) is 24.8. The van der Waals surface area contributed by atoms with Crippen molar-refractivity contribution in [3.63, 3.8) is 0 Å². The summed E-state index contributed by atoms with van der Waals surface area (Å²) in [6.07, 6.45) is 17.1. The second-order valence-corrected chi connectivity index (χ2v) is 13.1. The molecular formula is C33H50O4. The molecule has 0 saturated heterocycles. The van der Waals surface area contributed by atoms with Gasteiger partial charge in [-0.05, 0) is 86.8 Å². The SMILES string of the molecule is CCC=CC(=CCC(C)C(=O)C(C)(C)O)C(C)(C)CC1(C)CC(C)C2=C1C=CC(C)(C(=O)C(C)O)C=C2. The van der Waals surface area contributed by atoms with Crippen LogP contribution in [0.2, 0.25) is 0 Å². The molecule has 4 heteroatoms. The highest BCUT2D eigenvalue weighted by Gasteiger charge is 2.44. The number of carbonyl (C=O) groups excluding carboxylic acids is 2. The molecule has 0 fully saturated rings. The van der Waals surface area contributed by atoms with Crippen LogP contribution in [0.3, 0.4) is 0 Å². The second-order valence-electron chi connectivity index (χ2n) is 13.1. The minimum absolute atomic E-state index is 0.0914. The van der Waals surface area contributed by atoms with E-state index in [0.29, 0.717) is 12.3 Å². The zero-order chi connectivity index (χ0) is 28.4. The molecule has 0 aromatic heterocycles. The van der Waals surface area contributed by atoms with Gasteiger partial charge in [0.15, 0.2) is 11.6 Å². The Hall–Kier alpha value is -2.04. The molecule has 0 heterocycles. The van der Waals surface area contributed by atoms with E-state index in [0.717, 1.165) is 19.3 Å². The van der Waals surface area contributed by atoms with Crippen LogP contribution in [-0.4, -0.2) is 33.5 Å². The fourth-order valence-electron chi connectivity index (χ4n) is 6.32. The lowest BCUT2D eigenvalue weighted by Gasteiger charge is -2.38. The van der Waals surface area contributed by atoms with Gasteiger partial charge in [-0.3, -0.25) is 9.59 Å². The molecule has 0 radical (unpaired) electrons. The molecule has 2 aliphatic carbocycles. The van der Waals surface area contributed by atoms with Crippen LogP contribution >= 0.6 is 0 Å². The molecule has 37 heavy (non-hydrogen) atoms. The minimum Gasteiger partial charge on any atom is -0.386 e. The van der Waals surface area contributed by atoms with E-state index in [2.05, 4.69) is 65.0 Å². The molecule has 0 aromatic rings. The van der Waals surface area contributed by atoms with E-state index in [9.17, 15) is 19.8 Å². The number of aliphatic hydroxyl groups is 2. The quantitative estimate of drug-likeness (QED) is 0.291. The average Bonchev–Trinajstić information content (AvgIpc) is 2.89. The third-order valence-electron chi connectivity index (χ3n) is 8.25. The molecule has 0 aliphatic heterocycles. The van der Waals surface area contributed by atoms with Crippen molar-refractivity contribution in [1.82, 2.24) is 0 Å². The predicted octanol–water partition coefficient (Wildman–Crippen LogP) is 7.09. The van der Waals surface area contributed by atoms with Crippen molar-refractivity contribution < 1.29 is 19.8 Å². The summed E-state index contributed by atoms with van der Waals surface area (Å²) in [5, 5.41) is 20.1. The number of hydrogen-bond donors (Lipinski definition) is 2. The van der Waals surface area contributed by atoms with E-state index in [1.165, 1.54) is 23.6 Å². The summed E-state index contributed by atoms with van der Waals surface area (Å²) in [5.74, 6) is -0.238. The van der Waals surface area contributed by atoms with Gasteiger partial charge in [-0.2, -0.15) is 0 Å². The molecule has 0 amide bonds. The van der Waals surface area contributed by atoms with Crippen LogP contribution in [0, 0.1) is 28.1 Å². The Labute approximate surface area is 225 Å². The van der Waals surface area contributed by atoms with Crippen LogP contribution < -0.4 is 0 Å².